The molecule has 2 rings (SSSR count). The van der Waals surface area contributed by atoms with Crippen LogP contribution in [-0.4, -0.2) is 19.1 Å². The summed E-state index contributed by atoms with van der Waals surface area (Å²) in [5.74, 6) is 0.613. The van der Waals surface area contributed by atoms with Gasteiger partial charge < -0.3 is 15.4 Å². The van der Waals surface area contributed by atoms with Gasteiger partial charge in [-0.1, -0.05) is 49.1 Å². The van der Waals surface area contributed by atoms with Gasteiger partial charge in [0.1, 0.15) is 12.4 Å². The molecular formula is C19H22N2O2. The molecule has 0 radical (unpaired) electrons. The third-order valence-corrected chi connectivity index (χ3v) is 3.35. The van der Waals surface area contributed by atoms with E-state index in [2.05, 4.69) is 17.2 Å². The second kappa shape index (κ2) is 8.76. The van der Waals surface area contributed by atoms with E-state index in [0.29, 0.717) is 18.0 Å². The Balaban J connectivity index is 1.84. The maximum atomic E-state index is 12.0. The van der Waals surface area contributed by atoms with Crippen molar-refractivity contribution in [1.82, 2.24) is 5.32 Å². The molecule has 0 aliphatic heterocycles. The van der Waals surface area contributed by atoms with Crippen LogP contribution < -0.4 is 15.4 Å². The summed E-state index contributed by atoms with van der Waals surface area (Å²) in [6.07, 6.45) is 1.68. The van der Waals surface area contributed by atoms with Crippen molar-refractivity contribution in [3.8, 4) is 5.75 Å². The fourth-order valence-corrected chi connectivity index (χ4v) is 2.13. The second-order valence-corrected chi connectivity index (χ2v) is 5.19. The highest BCUT2D eigenvalue weighted by atomic mass is 16.5. The van der Waals surface area contributed by atoms with Crippen LogP contribution in [0.25, 0.3) is 0 Å². The predicted molar refractivity (Wildman–Crippen MR) is 93.6 cm³/mol. The Morgan fingerprint density at radius 2 is 2.00 bits per heavy atom. The third-order valence-electron chi connectivity index (χ3n) is 3.35. The lowest BCUT2D eigenvalue weighted by Crippen LogP contribution is -2.30. The quantitative estimate of drug-likeness (QED) is 0.733. The van der Waals surface area contributed by atoms with Crippen LogP contribution in [0.3, 0.4) is 0 Å². The predicted octanol–water partition coefficient (Wildman–Crippen LogP) is 3.54. The first-order valence-corrected chi connectivity index (χ1v) is 7.61. The first-order valence-electron chi connectivity index (χ1n) is 7.61. The van der Waals surface area contributed by atoms with E-state index in [-0.39, 0.29) is 18.5 Å². The monoisotopic (exact) mass is 310 g/mol. The molecule has 0 saturated carbocycles. The highest BCUT2D eigenvalue weighted by Crippen LogP contribution is 2.17. The number of nitrogens with one attached hydrogen (secondary N) is 2. The summed E-state index contributed by atoms with van der Waals surface area (Å²) in [5.41, 5.74) is 1.87. The molecule has 0 heterocycles. The molecule has 1 amide bonds. The zero-order valence-electron chi connectivity index (χ0n) is 13.3. The molecule has 4 heteroatoms. The maximum Gasteiger partial charge on any atom is 0.238 e. The van der Waals surface area contributed by atoms with Crippen molar-refractivity contribution in [2.75, 3.05) is 18.5 Å². The van der Waals surface area contributed by atoms with Crippen LogP contribution in [0, 0.1) is 0 Å². The summed E-state index contributed by atoms with van der Waals surface area (Å²) in [5, 5.41) is 6.07. The van der Waals surface area contributed by atoms with E-state index in [0.717, 1.165) is 5.56 Å². The van der Waals surface area contributed by atoms with Crippen molar-refractivity contribution < 1.29 is 9.53 Å². The SMILES string of the molecule is C=CCOc1cccc(NC(=O)CNC(C)c2ccccc2)c1. The molecule has 0 bridgehead atoms. The van der Waals surface area contributed by atoms with E-state index >= 15 is 0 Å². The molecule has 2 N–H and O–H groups in total. The normalized spacial score (nSPS) is 11.5. The van der Waals surface area contributed by atoms with Crippen molar-refractivity contribution >= 4 is 11.6 Å². The molecule has 0 aromatic heterocycles. The standard InChI is InChI=1S/C19H22N2O2/c1-3-12-23-18-11-7-10-17(13-18)21-19(22)14-20-15(2)16-8-5-4-6-9-16/h3-11,13,15,20H,1,12,14H2,2H3,(H,21,22). The van der Waals surface area contributed by atoms with Crippen molar-refractivity contribution in [2.45, 2.75) is 13.0 Å². The molecule has 2 aromatic carbocycles. The molecule has 0 aliphatic carbocycles. The lowest BCUT2D eigenvalue weighted by molar-refractivity contribution is -0.115. The van der Waals surface area contributed by atoms with Gasteiger partial charge >= 0.3 is 0 Å². The highest BCUT2D eigenvalue weighted by Gasteiger charge is 2.08. The van der Waals surface area contributed by atoms with Gasteiger partial charge in [0, 0.05) is 17.8 Å². The van der Waals surface area contributed by atoms with E-state index in [1.54, 1.807) is 12.1 Å². The van der Waals surface area contributed by atoms with E-state index in [4.69, 9.17) is 4.74 Å². The fourth-order valence-electron chi connectivity index (χ4n) is 2.13. The molecule has 1 atom stereocenters. The van der Waals surface area contributed by atoms with Crippen LogP contribution in [-0.2, 0) is 4.79 Å². The molecule has 0 aliphatic rings. The molecule has 0 fully saturated rings. The second-order valence-electron chi connectivity index (χ2n) is 5.19. The van der Waals surface area contributed by atoms with E-state index < -0.39 is 0 Å². The lowest BCUT2D eigenvalue weighted by atomic mass is 10.1. The van der Waals surface area contributed by atoms with Crippen LogP contribution in [0.5, 0.6) is 5.75 Å². The Morgan fingerprint density at radius 1 is 1.22 bits per heavy atom. The van der Waals surface area contributed by atoms with Crippen LogP contribution in [0.4, 0.5) is 5.69 Å². The average Bonchev–Trinajstić information content (AvgIpc) is 2.59. The zero-order chi connectivity index (χ0) is 16.5. The fraction of sp³-hybridized carbons (Fsp3) is 0.211. The Labute approximate surface area is 137 Å². The van der Waals surface area contributed by atoms with E-state index in [1.807, 2.05) is 55.5 Å². The minimum Gasteiger partial charge on any atom is -0.489 e. The molecule has 0 spiro atoms. The summed E-state index contributed by atoms with van der Waals surface area (Å²) >= 11 is 0. The van der Waals surface area contributed by atoms with E-state index in [9.17, 15) is 4.79 Å². The number of carbonyl (C=O) groups is 1. The van der Waals surface area contributed by atoms with Crippen molar-refractivity contribution in [3.63, 3.8) is 0 Å². The number of hydrogen-bond acceptors (Lipinski definition) is 3. The van der Waals surface area contributed by atoms with Crippen LogP contribution in [0.1, 0.15) is 18.5 Å². The number of hydrogen-bond donors (Lipinski definition) is 2. The highest BCUT2D eigenvalue weighted by molar-refractivity contribution is 5.92. The van der Waals surface area contributed by atoms with Crippen molar-refractivity contribution in [2.24, 2.45) is 0 Å². The number of anilines is 1. The molecular weight excluding hydrogens is 288 g/mol. The molecule has 1 unspecified atom stereocenters. The molecule has 120 valence electrons. The minimum absolute atomic E-state index is 0.0892. The third kappa shape index (κ3) is 5.60. The summed E-state index contributed by atoms with van der Waals surface area (Å²) < 4.78 is 5.45. The molecule has 4 nitrogen and oxygen atoms in total. The molecule has 0 saturated heterocycles. The van der Waals surface area contributed by atoms with Gasteiger partial charge in [-0.15, -0.1) is 0 Å². The van der Waals surface area contributed by atoms with Crippen LogP contribution in [0.2, 0.25) is 0 Å². The van der Waals surface area contributed by atoms with Gasteiger partial charge in [-0.25, -0.2) is 0 Å². The van der Waals surface area contributed by atoms with Gasteiger partial charge in [0.2, 0.25) is 5.91 Å². The number of rotatable bonds is 8. The summed E-state index contributed by atoms with van der Waals surface area (Å²) in [7, 11) is 0. The summed E-state index contributed by atoms with van der Waals surface area (Å²) in [4.78, 5) is 12.0. The number of benzene rings is 2. The van der Waals surface area contributed by atoms with Gasteiger partial charge in [0.25, 0.3) is 0 Å². The minimum atomic E-state index is -0.0892. The Kier molecular flexibility index (Phi) is 6.39. The Morgan fingerprint density at radius 3 is 2.74 bits per heavy atom. The van der Waals surface area contributed by atoms with E-state index in [1.165, 1.54) is 0 Å². The van der Waals surface area contributed by atoms with Gasteiger partial charge in [0.05, 0.1) is 6.54 Å². The first kappa shape index (κ1) is 16.8. The van der Waals surface area contributed by atoms with Crippen LogP contribution >= 0.6 is 0 Å². The van der Waals surface area contributed by atoms with Gasteiger partial charge in [-0.05, 0) is 24.6 Å². The smallest absolute Gasteiger partial charge is 0.238 e. The number of amides is 1. The van der Waals surface area contributed by atoms with Gasteiger partial charge in [-0.2, -0.15) is 0 Å². The van der Waals surface area contributed by atoms with Gasteiger partial charge in [0.15, 0.2) is 0 Å². The Bertz CT molecular complexity index is 641. The zero-order valence-corrected chi connectivity index (χ0v) is 13.3. The molecule has 23 heavy (non-hydrogen) atoms. The topological polar surface area (TPSA) is 50.4 Å². The van der Waals surface area contributed by atoms with Crippen LogP contribution in [0.15, 0.2) is 67.3 Å². The number of ether oxygens (including phenoxy) is 1. The first-order chi connectivity index (χ1) is 11.2. The van der Waals surface area contributed by atoms with Gasteiger partial charge in [-0.3, -0.25) is 4.79 Å². The Hall–Kier alpha value is -2.59. The van der Waals surface area contributed by atoms with Crippen molar-refractivity contribution in [1.29, 1.82) is 0 Å². The van der Waals surface area contributed by atoms with Crippen molar-refractivity contribution in [3.05, 3.63) is 72.8 Å². The average molecular weight is 310 g/mol. The molecule has 2 aromatic rings. The summed E-state index contributed by atoms with van der Waals surface area (Å²) in [6, 6.07) is 17.5. The maximum absolute atomic E-state index is 12.0. The lowest BCUT2D eigenvalue weighted by Gasteiger charge is -2.14. The number of carbonyl (C=O) groups excluding carboxylic acids is 1. The summed E-state index contributed by atoms with van der Waals surface area (Å²) in [6.45, 7) is 6.33. The largest absolute Gasteiger partial charge is 0.489 e.